The van der Waals surface area contributed by atoms with E-state index in [2.05, 4.69) is 29.8 Å². The van der Waals surface area contributed by atoms with Crippen molar-refractivity contribution in [2.45, 2.75) is 57.6 Å². The van der Waals surface area contributed by atoms with Gasteiger partial charge in [0.05, 0.1) is 42.1 Å². The Kier molecular flexibility index (Phi) is 11.5. The summed E-state index contributed by atoms with van der Waals surface area (Å²) in [5.74, 6) is 4.87. The zero-order valence-electron chi connectivity index (χ0n) is 26.5. The van der Waals surface area contributed by atoms with E-state index in [0.717, 1.165) is 5.56 Å². The van der Waals surface area contributed by atoms with Crippen LogP contribution in [-0.4, -0.2) is 59.3 Å². The van der Waals surface area contributed by atoms with Gasteiger partial charge in [-0.25, -0.2) is 4.79 Å². The van der Waals surface area contributed by atoms with Gasteiger partial charge in [0.25, 0.3) is 5.91 Å². The molecule has 1 N–H and O–H groups in total. The fraction of sp³-hybridized carbons (Fsp3) is 0.333. The summed E-state index contributed by atoms with van der Waals surface area (Å²) in [6, 6.07) is 23.1. The van der Waals surface area contributed by atoms with Crippen LogP contribution in [0.4, 0.5) is 10.5 Å². The molecule has 1 aliphatic heterocycles. The molecule has 240 valence electrons. The van der Waals surface area contributed by atoms with Crippen molar-refractivity contribution in [1.29, 1.82) is 0 Å². The van der Waals surface area contributed by atoms with E-state index in [9.17, 15) is 19.2 Å². The third-order valence-corrected chi connectivity index (χ3v) is 7.33. The summed E-state index contributed by atoms with van der Waals surface area (Å²) in [6.07, 6.45) is -0.681. The Balaban J connectivity index is 1.70. The van der Waals surface area contributed by atoms with Gasteiger partial charge in [0.1, 0.15) is 12.1 Å². The lowest BCUT2D eigenvalue weighted by Crippen LogP contribution is -2.41. The summed E-state index contributed by atoms with van der Waals surface area (Å²) in [4.78, 5) is 56.1. The monoisotopic (exact) mass is 641 g/mol. The quantitative estimate of drug-likeness (QED) is 0.181. The fourth-order valence-corrected chi connectivity index (χ4v) is 5.13. The van der Waals surface area contributed by atoms with Crippen LogP contribution >= 0.6 is 12.6 Å². The lowest BCUT2D eigenvalue weighted by atomic mass is 10.00. The molecule has 3 amide bonds. The summed E-state index contributed by atoms with van der Waals surface area (Å²) in [7, 11) is 0. The van der Waals surface area contributed by atoms with Gasteiger partial charge in [0.2, 0.25) is 5.91 Å². The minimum Gasteiger partial charge on any atom is -0.466 e. The molecule has 0 saturated carbocycles. The number of anilines is 1. The second-order valence-corrected chi connectivity index (χ2v) is 12.4. The maximum absolute atomic E-state index is 14.4. The van der Waals surface area contributed by atoms with Gasteiger partial charge in [-0.15, -0.1) is 0 Å². The van der Waals surface area contributed by atoms with Crippen molar-refractivity contribution in [3.05, 3.63) is 101 Å². The summed E-state index contributed by atoms with van der Waals surface area (Å²) < 4.78 is 10.5. The van der Waals surface area contributed by atoms with E-state index >= 15 is 0 Å². The smallest absolute Gasteiger partial charge is 0.407 e. The second kappa shape index (κ2) is 15.5. The van der Waals surface area contributed by atoms with Crippen LogP contribution < -0.4 is 10.2 Å². The van der Waals surface area contributed by atoms with Gasteiger partial charge < -0.3 is 24.6 Å². The van der Waals surface area contributed by atoms with E-state index in [-0.39, 0.29) is 44.1 Å². The van der Waals surface area contributed by atoms with Gasteiger partial charge in [-0.05, 0) is 57.0 Å². The number of nitrogens with zero attached hydrogens (tertiary/aromatic N) is 2. The lowest BCUT2D eigenvalue weighted by Gasteiger charge is -2.30. The van der Waals surface area contributed by atoms with Gasteiger partial charge in [-0.1, -0.05) is 72.5 Å². The number of benzene rings is 3. The van der Waals surface area contributed by atoms with Crippen LogP contribution in [0.3, 0.4) is 0 Å². The molecular weight excluding hydrogens is 602 g/mol. The Morgan fingerprint density at radius 3 is 2.33 bits per heavy atom. The first-order valence-corrected chi connectivity index (χ1v) is 15.6. The molecule has 0 saturated heterocycles. The van der Waals surface area contributed by atoms with Crippen molar-refractivity contribution in [2.24, 2.45) is 0 Å². The Hall–Kier alpha value is -4.75. The molecule has 0 aliphatic carbocycles. The van der Waals surface area contributed by atoms with Crippen LogP contribution in [0.1, 0.15) is 67.2 Å². The maximum atomic E-state index is 14.4. The Bertz CT molecular complexity index is 1610. The number of rotatable bonds is 9. The first-order chi connectivity index (χ1) is 21.9. The van der Waals surface area contributed by atoms with Crippen molar-refractivity contribution in [1.82, 2.24) is 10.2 Å². The van der Waals surface area contributed by atoms with Gasteiger partial charge in [0, 0.05) is 12.1 Å². The average Bonchev–Trinajstić information content (AvgIpc) is 3.12. The topological polar surface area (TPSA) is 105 Å². The van der Waals surface area contributed by atoms with Crippen LogP contribution in [0, 0.1) is 11.8 Å². The van der Waals surface area contributed by atoms with Crippen molar-refractivity contribution in [3.63, 3.8) is 0 Å². The van der Waals surface area contributed by atoms with Crippen LogP contribution in [0.15, 0.2) is 78.9 Å². The molecule has 0 radical (unpaired) electrons. The summed E-state index contributed by atoms with van der Waals surface area (Å²) in [6.45, 7) is 7.41. The number of fused-ring (bicyclic) bond motifs is 1. The largest absolute Gasteiger partial charge is 0.466 e. The fourth-order valence-electron chi connectivity index (χ4n) is 4.98. The number of esters is 1. The number of amides is 3. The maximum Gasteiger partial charge on any atom is 0.407 e. The zero-order chi connectivity index (χ0) is 33.3. The minimum atomic E-state index is -0.739. The molecule has 1 aliphatic rings. The standard InChI is InChI=1S/C36H39N3O6S/c1-5-44-33(41)21-31(27-14-10-7-11-15-27)39-24-32(40)38(23-26-12-8-6-9-13-26)30-19-17-25(20-29(30)34(39)42)16-18-28(46)22-37-35(43)45-36(2,3)4/h6-15,17,19-20,28,31,46H,5,21-24H2,1-4H3,(H,37,43). The highest BCUT2D eigenvalue weighted by Gasteiger charge is 2.37. The van der Waals surface area contributed by atoms with Gasteiger partial charge in [-0.2, -0.15) is 12.6 Å². The van der Waals surface area contributed by atoms with Crippen molar-refractivity contribution in [3.8, 4) is 11.8 Å². The van der Waals surface area contributed by atoms with E-state index in [1.54, 1.807) is 50.8 Å². The first-order valence-electron chi connectivity index (χ1n) is 15.1. The lowest BCUT2D eigenvalue weighted by molar-refractivity contribution is -0.144. The third-order valence-electron chi connectivity index (χ3n) is 7.02. The van der Waals surface area contributed by atoms with Crippen LogP contribution in [0.5, 0.6) is 0 Å². The van der Waals surface area contributed by atoms with Gasteiger partial charge >= 0.3 is 12.1 Å². The van der Waals surface area contributed by atoms with E-state index in [4.69, 9.17) is 9.47 Å². The Morgan fingerprint density at radius 2 is 1.67 bits per heavy atom. The van der Waals surface area contributed by atoms with E-state index < -0.39 is 34.9 Å². The predicted octanol–water partition coefficient (Wildman–Crippen LogP) is 5.54. The van der Waals surface area contributed by atoms with E-state index in [1.807, 2.05) is 60.7 Å². The average molecular weight is 642 g/mol. The molecule has 0 fully saturated rings. The van der Waals surface area contributed by atoms with Crippen LogP contribution in [0.25, 0.3) is 0 Å². The summed E-state index contributed by atoms with van der Waals surface area (Å²) in [5, 5.41) is 2.14. The molecule has 0 aromatic heterocycles. The summed E-state index contributed by atoms with van der Waals surface area (Å²) >= 11 is 4.48. The first kappa shape index (κ1) is 34.1. The molecule has 1 heterocycles. The van der Waals surface area contributed by atoms with E-state index in [1.165, 1.54) is 4.90 Å². The molecule has 4 rings (SSSR count). The number of hydrogen-bond acceptors (Lipinski definition) is 7. The number of alkyl carbamates (subject to hydrolysis) is 1. The predicted molar refractivity (Wildman–Crippen MR) is 179 cm³/mol. The van der Waals surface area contributed by atoms with Crippen LogP contribution in [-0.2, 0) is 25.6 Å². The highest BCUT2D eigenvalue weighted by atomic mass is 32.1. The highest BCUT2D eigenvalue weighted by Crippen LogP contribution is 2.34. The molecule has 10 heteroatoms. The second-order valence-electron chi connectivity index (χ2n) is 11.7. The van der Waals surface area contributed by atoms with E-state index in [0.29, 0.717) is 16.8 Å². The summed E-state index contributed by atoms with van der Waals surface area (Å²) in [5.41, 5.74) is 2.23. The number of ether oxygens (including phenoxy) is 2. The van der Waals surface area contributed by atoms with Crippen molar-refractivity contribution in [2.75, 3.05) is 24.6 Å². The van der Waals surface area contributed by atoms with Crippen LogP contribution in [0.2, 0.25) is 0 Å². The molecular formula is C36H39N3O6S. The van der Waals surface area contributed by atoms with Gasteiger partial charge in [-0.3, -0.25) is 14.4 Å². The number of thiol groups is 1. The SMILES string of the molecule is CCOC(=O)CC(c1ccccc1)N1CC(=O)N(Cc2ccccc2)c2ccc(C#CC(S)CNC(=O)OC(C)(C)C)cc2C1=O. The molecule has 3 aromatic carbocycles. The molecule has 46 heavy (non-hydrogen) atoms. The molecule has 9 nitrogen and oxygen atoms in total. The number of carbonyl (C=O) groups excluding carboxylic acids is 4. The highest BCUT2D eigenvalue weighted by molar-refractivity contribution is 7.81. The van der Waals surface area contributed by atoms with Crippen molar-refractivity contribution >= 4 is 42.2 Å². The Morgan fingerprint density at radius 1 is 1.00 bits per heavy atom. The third kappa shape index (κ3) is 9.38. The number of carbonyl (C=O) groups is 4. The zero-order valence-corrected chi connectivity index (χ0v) is 27.4. The number of hydrogen-bond donors (Lipinski definition) is 2. The minimum absolute atomic E-state index is 0.115. The molecule has 2 unspecified atom stereocenters. The normalized spacial score (nSPS) is 14.3. The number of nitrogens with one attached hydrogen (secondary N) is 1. The van der Waals surface area contributed by atoms with Gasteiger partial charge in [0.15, 0.2) is 0 Å². The molecule has 0 spiro atoms. The Labute approximate surface area is 275 Å². The van der Waals surface area contributed by atoms with Crippen molar-refractivity contribution < 1.29 is 28.7 Å². The molecule has 3 aromatic rings. The molecule has 0 bridgehead atoms. The molecule has 2 atom stereocenters.